The van der Waals surface area contributed by atoms with Crippen molar-refractivity contribution in [2.75, 3.05) is 0 Å². The van der Waals surface area contributed by atoms with Crippen LogP contribution in [-0.4, -0.2) is 23.9 Å². The predicted molar refractivity (Wildman–Crippen MR) is 117 cm³/mol. The average Bonchev–Trinajstić information content (AvgIpc) is 2.71. The van der Waals surface area contributed by atoms with Gasteiger partial charge in [0.2, 0.25) is 5.91 Å². The zero-order valence-electron chi connectivity index (χ0n) is 17.7. The first-order valence-electron chi connectivity index (χ1n) is 10.1. The van der Waals surface area contributed by atoms with E-state index in [0.29, 0.717) is 5.56 Å². The van der Waals surface area contributed by atoms with Crippen LogP contribution in [0.15, 0.2) is 48.5 Å². The largest absolute Gasteiger partial charge is 0.352 e. The van der Waals surface area contributed by atoms with Gasteiger partial charge in [0.1, 0.15) is 0 Å². The molecule has 0 fully saturated rings. The molecule has 0 radical (unpaired) electrons. The summed E-state index contributed by atoms with van der Waals surface area (Å²) >= 11 is 0. The summed E-state index contributed by atoms with van der Waals surface area (Å²) in [5.41, 5.74) is 8.48. The van der Waals surface area contributed by atoms with Crippen molar-refractivity contribution in [3.63, 3.8) is 0 Å². The maximum Gasteiger partial charge on any atom is 0.312 e. The van der Waals surface area contributed by atoms with Gasteiger partial charge < -0.3 is 21.7 Å². The number of amides is 4. The molecule has 0 aliphatic carbocycles. The van der Waals surface area contributed by atoms with Crippen molar-refractivity contribution in [3.8, 4) is 0 Å². The predicted octanol–water partition coefficient (Wildman–Crippen LogP) is 2.94. The summed E-state index contributed by atoms with van der Waals surface area (Å²) in [6.45, 7) is 6.18. The third-order valence-corrected chi connectivity index (χ3v) is 4.82. The smallest absolute Gasteiger partial charge is 0.312 e. The van der Waals surface area contributed by atoms with Gasteiger partial charge in [0, 0.05) is 18.2 Å². The first-order valence-corrected chi connectivity index (χ1v) is 10.1. The van der Waals surface area contributed by atoms with Gasteiger partial charge in [-0.15, -0.1) is 0 Å². The van der Waals surface area contributed by atoms with E-state index >= 15 is 0 Å². The third-order valence-electron chi connectivity index (χ3n) is 4.82. The third kappa shape index (κ3) is 7.24. The summed E-state index contributed by atoms with van der Waals surface area (Å²) in [6, 6.07) is 13.6. The first kappa shape index (κ1) is 22.9. The Morgan fingerprint density at radius 2 is 1.77 bits per heavy atom. The van der Waals surface area contributed by atoms with E-state index in [1.54, 1.807) is 18.2 Å². The molecule has 0 saturated heterocycles. The van der Waals surface area contributed by atoms with E-state index in [2.05, 4.69) is 16.0 Å². The van der Waals surface area contributed by atoms with Crippen LogP contribution in [0.2, 0.25) is 0 Å². The molecule has 0 heterocycles. The number of nitrogens with two attached hydrogens (primary N) is 1. The van der Waals surface area contributed by atoms with Gasteiger partial charge in [-0.2, -0.15) is 0 Å². The molecule has 0 aliphatic heterocycles. The number of nitrogens with one attached hydrogen (secondary N) is 3. The van der Waals surface area contributed by atoms with Gasteiger partial charge in [-0.25, -0.2) is 4.79 Å². The summed E-state index contributed by atoms with van der Waals surface area (Å²) in [6.07, 6.45) is 0.906. The number of hydrogen-bond acceptors (Lipinski definition) is 3. The van der Waals surface area contributed by atoms with Crippen molar-refractivity contribution in [1.82, 2.24) is 16.0 Å². The van der Waals surface area contributed by atoms with E-state index in [1.165, 1.54) is 0 Å². The highest BCUT2D eigenvalue weighted by atomic mass is 16.2. The van der Waals surface area contributed by atoms with Gasteiger partial charge in [0.15, 0.2) is 0 Å². The van der Waals surface area contributed by atoms with Crippen molar-refractivity contribution in [3.05, 3.63) is 70.8 Å². The molecule has 30 heavy (non-hydrogen) atoms. The minimum absolute atomic E-state index is 0.0561. The highest BCUT2D eigenvalue weighted by molar-refractivity contribution is 5.94. The van der Waals surface area contributed by atoms with Crippen molar-refractivity contribution >= 4 is 17.8 Å². The zero-order valence-corrected chi connectivity index (χ0v) is 17.7. The molecule has 2 aromatic carbocycles. The molecule has 7 nitrogen and oxygen atoms in total. The van der Waals surface area contributed by atoms with Crippen LogP contribution < -0.4 is 21.7 Å². The van der Waals surface area contributed by atoms with Crippen LogP contribution in [0.25, 0.3) is 0 Å². The highest BCUT2D eigenvalue weighted by Gasteiger charge is 2.18. The van der Waals surface area contributed by atoms with Gasteiger partial charge in [0.25, 0.3) is 5.91 Å². The van der Waals surface area contributed by atoms with Crippen LogP contribution in [0.4, 0.5) is 4.79 Å². The number of hydrogen-bond donors (Lipinski definition) is 4. The Bertz CT molecular complexity index is 898. The second-order valence-electron chi connectivity index (χ2n) is 7.44. The van der Waals surface area contributed by atoms with Crippen molar-refractivity contribution < 1.29 is 14.4 Å². The summed E-state index contributed by atoms with van der Waals surface area (Å²) in [5.74, 6) is -0.368. The lowest BCUT2D eigenvalue weighted by atomic mass is 10.0. The van der Waals surface area contributed by atoms with Crippen molar-refractivity contribution in [1.29, 1.82) is 0 Å². The number of primary amides is 1. The molecule has 0 bridgehead atoms. The van der Waals surface area contributed by atoms with Crippen LogP contribution in [0.1, 0.15) is 59.8 Å². The van der Waals surface area contributed by atoms with Crippen LogP contribution >= 0.6 is 0 Å². The molecule has 2 atom stereocenters. The SMILES string of the molecule is CCC(C)NC(=O)c1cccc(CNC(=O)CC(NC(N)=O)c2cccc(C)c2)c1. The van der Waals surface area contributed by atoms with Crippen molar-refractivity contribution in [2.24, 2.45) is 5.73 Å². The fraction of sp³-hybridized carbons (Fsp3) is 0.348. The molecule has 0 spiro atoms. The van der Waals surface area contributed by atoms with E-state index in [1.807, 2.05) is 51.1 Å². The number of aryl methyl sites for hydroxylation is 1. The molecule has 2 aromatic rings. The Labute approximate surface area is 177 Å². The molecular weight excluding hydrogens is 380 g/mol. The van der Waals surface area contributed by atoms with Gasteiger partial charge in [-0.1, -0.05) is 48.9 Å². The van der Waals surface area contributed by atoms with Gasteiger partial charge in [-0.3, -0.25) is 9.59 Å². The fourth-order valence-electron chi connectivity index (χ4n) is 3.00. The fourth-order valence-corrected chi connectivity index (χ4v) is 3.00. The van der Waals surface area contributed by atoms with Crippen LogP contribution in [-0.2, 0) is 11.3 Å². The van der Waals surface area contributed by atoms with E-state index in [-0.39, 0.29) is 30.8 Å². The maximum atomic E-state index is 12.5. The number of carbonyl (C=O) groups excluding carboxylic acids is 3. The lowest BCUT2D eigenvalue weighted by molar-refractivity contribution is -0.121. The molecule has 0 aromatic heterocycles. The summed E-state index contributed by atoms with van der Waals surface area (Å²) in [4.78, 5) is 36.1. The summed E-state index contributed by atoms with van der Waals surface area (Å²) in [5, 5.41) is 8.39. The second kappa shape index (κ2) is 11.0. The molecule has 0 saturated carbocycles. The highest BCUT2D eigenvalue weighted by Crippen LogP contribution is 2.18. The van der Waals surface area contributed by atoms with Gasteiger partial charge >= 0.3 is 6.03 Å². The monoisotopic (exact) mass is 410 g/mol. The van der Waals surface area contributed by atoms with E-state index in [0.717, 1.165) is 23.1 Å². The number of carbonyl (C=O) groups is 3. The van der Waals surface area contributed by atoms with E-state index < -0.39 is 12.1 Å². The van der Waals surface area contributed by atoms with E-state index in [9.17, 15) is 14.4 Å². The molecular formula is C23H30N4O3. The number of benzene rings is 2. The lowest BCUT2D eigenvalue weighted by Crippen LogP contribution is -2.36. The molecule has 4 amide bonds. The zero-order chi connectivity index (χ0) is 22.1. The standard InChI is InChI=1S/C23H30N4O3/c1-4-16(3)26-22(29)19-10-6-8-17(12-19)14-25-21(28)13-20(27-23(24)30)18-9-5-7-15(2)11-18/h5-12,16,20H,4,13-14H2,1-3H3,(H,25,28)(H,26,29)(H3,24,27,30). The molecule has 7 heteroatoms. The second-order valence-corrected chi connectivity index (χ2v) is 7.44. The van der Waals surface area contributed by atoms with Crippen LogP contribution in [0, 0.1) is 6.92 Å². The molecule has 2 rings (SSSR count). The minimum atomic E-state index is -0.686. The summed E-state index contributed by atoms with van der Waals surface area (Å²) in [7, 11) is 0. The maximum absolute atomic E-state index is 12.5. The lowest BCUT2D eigenvalue weighted by Gasteiger charge is -2.18. The van der Waals surface area contributed by atoms with Gasteiger partial charge in [0.05, 0.1) is 12.5 Å². The number of rotatable bonds is 9. The molecule has 160 valence electrons. The Balaban J connectivity index is 1.99. The Morgan fingerprint density at radius 1 is 1.03 bits per heavy atom. The first-order chi connectivity index (χ1) is 14.3. The Kier molecular flexibility index (Phi) is 8.41. The normalized spacial score (nSPS) is 12.5. The van der Waals surface area contributed by atoms with Gasteiger partial charge in [-0.05, 0) is 43.5 Å². The average molecular weight is 411 g/mol. The topological polar surface area (TPSA) is 113 Å². The van der Waals surface area contributed by atoms with E-state index in [4.69, 9.17) is 5.73 Å². The molecule has 2 unspecified atom stereocenters. The van der Waals surface area contributed by atoms with Crippen LogP contribution in [0.3, 0.4) is 0 Å². The Morgan fingerprint density at radius 3 is 2.43 bits per heavy atom. The van der Waals surface area contributed by atoms with Crippen molar-refractivity contribution in [2.45, 2.75) is 52.2 Å². The molecule has 0 aliphatic rings. The van der Waals surface area contributed by atoms with Crippen LogP contribution in [0.5, 0.6) is 0 Å². The minimum Gasteiger partial charge on any atom is -0.352 e. The number of urea groups is 1. The Hall–Kier alpha value is -3.35. The summed E-state index contributed by atoms with van der Waals surface area (Å²) < 4.78 is 0. The quantitative estimate of drug-likeness (QED) is 0.510. The molecule has 5 N–H and O–H groups in total.